The van der Waals surface area contributed by atoms with Crippen molar-refractivity contribution in [2.45, 2.75) is 19.5 Å². The zero-order chi connectivity index (χ0) is 13.9. The molecular formula is C14H18BrClN4O. The third-order valence-corrected chi connectivity index (χ3v) is 4.02. The molecule has 1 aromatic heterocycles. The van der Waals surface area contributed by atoms with Gasteiger partial charge in [-0.1, -0.05) is 33.2 Å². The van der Waals surface area contributed by atoms with Crippen LogP contribution in [0.3, 0.4) is 0 Å². The molecule has 1 fully saturated rings. The molecule has 114 valence electrons. The quantitative estimate of drug-likeness (QED) is 0.896. The van der Waals surface area contributed by atoms with Gasteiger partial charge in [0.25, 0.3) is 0 Å². The van der Waals surface area contributed by atoms with Crippen molar-refractivity contribution in [3.05, 3.63) is 34.6 Å². The zero-order valence-corrected chi connectivity index (χ0v) is 14.2. The topological polar surface area (TPSA) is 54.2 Å². The number of halogens is 2. The maximum Gasteiger partial charge on any atom is 0.241 e. The summed E-state index contributed by atoms with van der Waals surface area (Å²) >= 11 is 3.45. The minimum Gasteiger partial charge on any atom is -0.338 e. The highest BCUT2D eigenvalue weighted by Gasteiger charge is 2.20. The maximum atomic E-state index is 5.37. The summed E-state index contributed by atoms with van der Waals surface area (Å²) in [5, 5.41) is 7.44. The van der Waals surface area contributed by atoms with Crippen molar-refractivity contribution in [3.8, 4) is 11.4 Å². The second kappa shape index (κ2) is 7.35. The molecule has 1 atom stereocenters. The van der Waals surface area contributed by atoms with E-state index in [1.807, 2.05) is 24.3 Å². The van der Waals surface area contributed by atoms with Crippen molar-refractivity contribution >= 4 is 28.3 Å². The van der Waals surface area contributed by atoms with Crippen molar-refractivity contribution in [1.29, 1.82) is 0 Å². The lowest BCUT2D eigenvalue weighted by atomic mass is 10.2. The summed E-state index contributed by atoms with van der Waals surface area (Å²) < 4.78 is 6.38. The first kappa shape index (κ1) is 16.4. The van der Waals surface area contributed by atoms with Gasteiger partial charge in [0.1, 0.15) is 0 Å². The predicted molar refractivity (Wildman–Crippen MR) is 87.4 cm³/mol. The Morgan fingerprint density at radius 1 is 1.48 bits per heavy atom. The van der Waals surface area contributed by atoms with Crippen LogP contribution < -0.4 is 5.32 Å². The summed E-state index contributed by atoms with van der Waals surface area (Å²) in [6.45, 7) is 5.95. The zero-order valence-electron chi connectivity index (χ0n) is 11.8. The number of piperazine rings is 1. The lowest BCUT2D eigenvalue weighted by molar-refractivity contribution is 0.146. The first-order valence-electron chi connectivity index (χ1n) is 6.75. The molecule has 0 unspecified atom stereocenters. The van der Waals surface area contributed by atoms with Crippen LogP contribution in [0, 0.1) is 0 Å². The van der Waals surface area contributed by atoms with Crippen LogP contribution in [0.1, 0.15) is 12.8 Å². The van der Waals surface area contributed by atoms with Gasteiger partial charge in [0.2, 0.25) is 11.7 Å². The molecule has 1 aliphatic rings. The lowest BCUT2D eigenvalue weighted by Crippen LogP contribution is -2.49. The maximum absolute atomic E-state index is 5.37. The van der Waals surface area contributed by atoms with Crippen LogP contribution in [0.5, 0.6) is 0 Å². The van der Waals surface area contributed by atoms with Crippen molar-refractivity contribution in [2.24, 2.45) is 0 Å². The van der Waals surface area contributed by atoms with Gasteiger partial charge in [-0.05, 0) is 19.1 Å². The largest absolute Gasteiger partial charge is 0.338 e. The number of rotatable bonds is 3. The van der Waals surface area contributed by atoms with E-state index in [-0.39, 0.29) is 12.4 Å². The van der Waals surface area contributed by atoms with E-state index in [0.29, 0.717) is 24.3 Å². The Bertz CT molecular complexity index is 592. The molecule has 0 amide bonds. The van der Waals surface area contributed by atoms with Crippen molar-refractivity contribution in [1.82, 2.24) is 20.4 Å². The molecular weight excluding hydrogens is 356 g/mol. The minimum atomic E-state index is 0. The molecule has 21 heavy (non-hydrogen) atoms. The highest BCUT2D eigenvalue weighted by molar-refractivity contribution is 9.10. The number of aromatic nitrogens is 2. The summed E-state index contributed by atoms with van der Waals surface area (Å²) in [4.78, 5) is 6.85. The summed E-state index contributed by atoms with van der Waals surface area (Å²) in [5.41, 5.74) is 0.961. The normalized spacial score (nSPS) is 19.2. The Kier molecular flexibility index (Phi) is 5.75. The van der Waals surface area contributed by atoms with Crippen LogP contribution in [0.15, 0.2) is 33.3 Å². The smallest absolute Gasteiger partial charge is 0.241 e. The van der Waals surface area contributed by atoms with Crippen molar-refractivity contribution in [2.75, 3.05) is 19.6 Å². The van der Waals surface area contributed by atoms with Crippen LogP contribution in [0.2, 0.25) is 0 Å². The van der Waals surface area contributed by atoms with Crippen LogP contribution in [-0.2, 0) is 6.54 Å². The van der Waals surface area contributed by atoms with Crippen LogP contribution >= 0.6 is 28.3 Å². The van der Waals surface area contributed by atoms with E-state index in [1.54, 1.807) is 0 Å². The fraction of sp³-hybridized carbons (Fsp3) is 0.429. The highest BCUT2D eigenvalue weighted by Crippen LogP contribution is 2.21. The van der Waals surface area contributed by atoms with Gasteiger partial charge in [0.05, 0.1) is 6.54 Å². The molecule has 0 radical (unpaired) electrons. The first-order valence-corrected chi connectivity index (χ1v) is 7.55. The van der Waals surface area contributed by atoms with Gasteiger partial charge in [-0.3, -0.25) is 4.90 Å². The van der Waals surface area contributed by atoms with E-state index >= 15 is 0 Å². The predicted octanol–water partition coefficient (Wildman–Crippen LogP) is 2.71. The number of nitrogens with zero attached hydrogens (tertiary/aromatic N) is 3. The highest BCUT2D eigenvalue weighted by atomic mass is 79.9. The van der Waals surface area contributed by atoms with E-state index in [9.17, 15) is 0 Å². The summed E-state index contributed by atoms with van der Waals surface area (Å²) in [6.07, 6.45) is 0. The number of hydrogen-bond acceptors (Lipinski definition) is 5. The Hall–Kier alpha value is -0.950. The van der Waals surface area contributed by atoms with Crippen LogP contribution in [0.25, 0.3) is 11.4 Å². The first-order chi connectivity index (χ1) is 9.72. The van der Waals surface area contributed by atoms with Gasteiger partial charge in [0.15, 0.2) is 0 Å². The molecule has 2 heterocycles. The molecule has 3 rings (SSSR count). The van der Waals surface area contributed by atoms with Crippen molar-refractivity contribution in [3.63, 3.8) is 0 Å². The molecule has 7 heteroatoms. The van der Waals surface area contributed by atoms with Gasteiger partial charge in [-0.15, -0.1) is 12.4 Å². The fourth-order valence-corrected chi connectivity index (χ4v) is 2.75. The lowest BCUT2D eigenvalue weighted by Gasteiger charge is -2.32. The van der Waals surface area contributed by atoms with E-state index in [4.69, 9.17) is 4.52 Å². The van der Waals surface area contributed by atoms with E-state index in [2.05, 4.69) is 43.2 Å². The van der Waals surface area contributed by atoms with Gasteiger partial charge >= 0.3 is 0 Å². The van der Waals surface area contributed by atoms with Crippen LogP contribution in [-0.4, -0.2) is 40.7 Å². The SMILES string of the molecule is C[C@H]1CNCCN1Cc1nc(-c2cccc(Br)c2)no1.Cl. The van der Waals surface area contributed by atoms with Gasteiger partial charge in [-0.25, -0.2) is 0 Å². The Labute approximate surface area is 138 Å². The Balaban J connectivity index is 0.00000161. The van der Waals surface area contributed by atoms with Crippen molar-refractivity contribution < 1.29 is 4.52 Å². The molecule has 5 nitrogen and oxygen atoms in total. The standard InChI is InChI=1S/C14H17BrN4O.ClH/c1-10-8-16-5-6-19(10)9-13-17-14(18-20-13)11-3-2-4-12(15)7-11;/h2-4,7,10,16H,5-6,8-9H2,1H3;1H/t10-;/m0./s1. The third-order valence-electron chi connectivity index (χ3n) is 3.53. The number of hydrogen-bond donors (Lipinski definition) is 1. The second-order valence-corrected chi connectivity index (χ2v) is 5.96. The summed E-state index contributed by atoms with van der Waals surface area (Å²) in [6, 6.07) is 8.40. The van der Waals surface area contributed by atoms with Gasteiger partial charge in [0, 0.05) is 35.7 Å². The molecule has 2 aromatic rings. The van der Waals surface area contributed by atoms with Crippen LogP contribution in [0.4, 0.5) is 0 Å². The van der Waals surface area contributed by atoms with E-state index in [0.717, 1.165) is 29.7 Å². The van der Waals surface area contributed by atoms with E-state index < -0.39 is 0 Å². The molecule has 0 spiro atoms. The van der Waals surface area contributed by atoms with Gasteiger partial charge in [-0.2, -0.15) is 4.98 Å². The van der Waals surface area contributed by atoms with E-state index in [1.165, 1.54) is 0 Å². The summed E-state index contributed by atoms with van der Waals surface area (Å²) in [7, 11) is 0. The Morgan fingerprint density at radius 3 is 3.10 bits per heavy atom. The Morgan fingerprint density at radius 2 is 2.33 bits per heavy atom. The minimum absolute atomic E-state index is 0. The fourth-order valence-electron chi connectivity index (χ4n) is 2.36. The monoisotopic (exact) mass is 372 g/mol. The molecule has 0 bridgehead atoms. The average Bonchev–Trinajstić information content (AvgIpc) is 2.90. The number of benzene rings is 1. The summed E-state index contributed by atoms with van der Waals surface area (Å²) in [5.74, 6) is 1.32. The molecule has 0 saturated carbocycles. The molecule has 1 aliphatic heterocycles. The molecule has 1 saturated heterocycles. The second-order valence-electron chi connectivity index (χ2n) is 5.05. The molecule has 1 N–H and O–H groups in total. The molecule has 0 aliphatic carbocycles. The number of nitrogens with one attached hydrogen (secondary N) is 1. The average molecular weight is 374 g/mol. The molecule has 1 aromatic carbocycles. The third kappa shape index (κ3) is 4.03. The van der Waals surface area contributed by atoms with Gasteiger partial charge < -0.3 is 9.84 Å².